The van der Waals surface area contributed by atoms with Crippen molar-refractivity contribution in [1.82, 2.24) is 15.0 Å². The Bertz CT molecular complexity index is 1460. The van der Waals surface area contributed by atoms with Gasteiger partial charge in [0.25, 0.3) is 0 Å². The minimum atomic E-state index is -4.46. The van der Waals surface area contributed by atoms with Gasteiger partial charge < -0.3 is 10.1 Å². The van der Waals surface area contributed by atoms with Crippen LogP contribution in [0.3, 0.4) is 0 Å². The molecule has 0 aliphatic heterocycles. The number of aromatic nitrogens is 3. The maximum atomic E-state index is 13.3. The Morgan fingerprint density at radius 1 is 0.667 bits per heavy atom. The molecule has 0 unspecified atom stereocenters. The molecule has 5 nitrogen and oxygen atoms in total. The van der Waals surface area contributed by atoms with Crippen LogP contribution >= 0.6 is 0 Å². The molecule has 0 bridgehead atoms. The third-order valence-corrected chi connectivity index (χ3v) is 5.26. The van der Waals surface area contributed by atoms with Crippen molar-refractivity contribution in [3.63, 3.8) is 0 Å². The molecule has 0 spiro atoms. The molecule has 5 aromatic rings. The van der Waals surface area contributed by atoms with E-state index in [9.17, 15) is 13.2 Å². The van der Waals surface area contributed by atoms with Crippen molar-refractivity contribution < 1.29 is 17.9 Å². The lowest BCUT2D eigenvalue weighted by Crippen LogP contribution is -2.05. The van der Waals surface area contributed by atoms with Gasteiger partial charge >= 0.3 is 6.18 Å². The predicted octanol–water partition coefficient (Wildman–Crippen LogP) is 7.76. The minimum absolute atomic E-state index is 0.331. The summed E-state index contributed by atoms with van der Waals surface area (Å²) in [5.41, 5.74) is 1.36. The van der Waals surface area contributed by atoms with Crippen molar-refractivity contribution in [3.8, 4) is 34.1 Å². The number of benzene rings is 3. The van der Waals surface area contributed by atoms with Gasteiger partial charge in [-0.2, -0.15) is 13.2 Å². The van der Waals surface area contributed by atoms with E-state index in [1.54, 1.807) is 36.7 Å². The van der Waals surface area contributed by atoms with Gasteiger partial charge in [-0.15, -0.1) is 0 Å². The van der Waals surface area contributed by atoms with E-state index in [0.717, 1.165) is 23.6 Å². The van der Waals surface area contributed by atoms with Crippen molar-refractivity contribution in [3.05, 3.63) is 115 Å². The summed E-state index contributed by atoms with van der Waals surface area (Å²) in [5, 5.41) is 3.22. The molecule has 178 valence electrons. The van der Waals surface area contributed by atoms with Crippen LogP contribution in [0.4, 0.5) is 24.7 Å². The summed E-state index contributed by atoms with van der Waals surface area (Å²) in [6.45, 7) is 0. The van der Waals surface area contributed by atoms with Crippen LogP contribution in [0.1, 0.15) is 5.56 Å². The normalized spacial score (nSPS) is 11.2. The van der Waals surface area contributed by atoms with Gasteiger partial charge in [0.15, 0.2) is 5.82 Å². The Hall–Kier alpha value is -4.72. The quantitative estimate of drug-likeness (QED) is 0.267. The molecule has 0 aliphatic rings. The van der Waals surface area contributed by atoms with Crippen LogP contribution in [0, 0.1) is 0 Å². The summed E-state index contributed by atoms with van der Waals surface area (Å²) in [5.74, 6) is 2.18. The third kappa shape index (κ3) is 5.50. The van der Waals surface area contributed by atoms with Crippen LogP contribution in [0.5, 0.6) is 11.5 Å². The van der Waals surface area contributed by atoms with Gasteiger partial charge in [-0.1, -0.05) is 30.3 Å². The fourth-order valence-electron chi connectivity index (χ4n) is 3.52. The van der Waals surface area contributed by atoms with E-state index in [-0.39, 0.29) is 0 Å². The standard InChI is InChI=1S/C28H19F3N4O/c29-28(30,31)21-6-4-5-20(17-21)25-18-26(35-27(34-25)19-13-15-32-16-14-19)33-22-9-11-24(12-10-22)36-23-7-2-1-3-8-23/h1-18H,(H,33,34,35). The second-order valence-electron chi connectivity index (χ2n) is 7.84. The molecule has 8 heteroatoms. The Kier molecular flexibility index (Phi) is 6.32. The highest BCUT2D eigenvalue weighted by molar-refractivity contribution is 5.70. The van der Waals surface area contributed by atoms with Crippen LogP contribution in [-0.2, 0) is 6.18 Å². The number of ether oxygens (including phenoxy) is 1. The summed E-state index contributed by atoms with van der Waals surface area (Å²) in [4.78, 5) is 13.1. The number of halogens is 3. The van der Waals surface area contributed by atoms with Crippen molar-refractivity contribution in [2.75, 3.05) is 5.32 Å². The fraction of sp³-hybridized carbons (Fsp3) is 0.0357. The van der Waals surface area contributed by atoms with Crippen LogP contribution in [0.2, 0.25) is 0 Å². The van der Waals surface area contributed by atoms with E-state index in [2.05, 4.69) is 20.3 Å². The van der Waals surface area contributed by atoms with Crippen LogP contribution in [0.25, 0.3) is 22.6 Å². The second-order valence-corrected chi connectivity index (χ2v) is 7.84. The Balaban J connectivity index is 1.47. The highest BCUT2D eigenvalue weighted by Gasteiger charge is 2.30. The molecule has 0 saturated heterocycles. The summed E-state index contributed by atoms with van der Waals surface area (Å²) in [7, 11) is 0. The second kappa shape index (κ2) is 9.87. The number of pyridine rings is 1. The number of hydrogen-bond donors (Lipinski definition) is 1. The zero-order chi connectivity index (χ0) is 25.0. The summed E-state index contributed by atoms with van der Waals surface area (Å²) in [6.07, 6.45) is -1.25. The first kappa shape index (κ1) is 23.0. The van der Waals surface area contributed by atoms with Gasteiger partial charge in [-0.25, -0.2) is 9.97 Å². The molecule has 0 amide bonds. The molecular weight excluding hydrogens is 465 g/mol. The Morgan fingerprint density at radius 3 is 2.11 bits per heavy atom. The van der Waals surface area contributed by atoms with Gasteiger partial charge in [0.1, 0.15) is 17.3 Å². The van der Waals surface area contributed by atoms with Gasteiger partial charge in [0.05, 0.1) is 11.3 Å². The number of anilines is 2. The smallest absolute Gasteiger partial charge is 0.416 e. The average Bonchev–Trinajstić information content (AvgIpc) is 2.90. The number of hydrogen-bond acceptors (Lipinski definition) is 5. The largest absolute Gasteiger partial charge is 0.457 e. The van der Waals surface area contributed by atoms with Crippen molar-refractivity contribution in [2.45, 2.75) is 6.18 Å². The monoisotopic (exact) mass is 484 g/mol. The first-order valence-corrected chi connectivity index (χ1v) is 11.0. The summed E-state index contributed by atoms with van der Waals surface area (Å²) >= 11 is 0. The van der Waals surface area contributed by atoms with E-state index in [1.165, 1.54) is 6.07 Å². The fourth-order valence-corrected chi connectivity index (χ4v) is 3.52. The van der Waals surface area contributed by atoms with Crippen LogP contribution < -0.4 is 10.1 Å². The zero-order valence-electron chi connectivity index (χ0n) is 18.8. The molecule has 36 heavy (non-hydrogen) atoms. The lowest BCUT2D eigenvalue weighted by molar-refractivity contribution is -0.137. The minimum Gasteiger partial charge on any atom is -0.457 e. The molecule has 2 heterocycles. The lowest BCUT2D eigenvalue weighted by Gasteiger charge is -2.13. The molecule has 3 aromatic carbocycles. The van der Waals surface area contributed by atoms with E-state index in [0.29, 0.717) is 34.2 Å². The molecular formula is C28H19F3N4O. The van der Waals surface area contributed by atoms with Gasteiger partial charge in [0.2, 0.25) is 0 Å². The highest BCUT2D eigenvalue weighted by Crippen LogP contribution is 2.33. The third-order valence-electron chi connectivity index (χ3n) is 5.26. The van der Waals surface area contributed by atoms with E-state index < -0.39 is 11.7 Å². The van der Waals surface area contributed by atoms with Gasteiger partial charge in [0, 0.05) is 35.3 Å². The molecule has 0 atom stereocenters. The van der Waals surface area contributed by atoms with Crippen molar-refractivity contribution in [1.29, 1.82) is 0 Å². The first-order valence-electron chi connectivity index (χ1n) is 11.0. The number of alkyl halides is 3. The van der Waals surface area contributed by atoms with E-state index in [4.69, 9.17) is 4.74 Å². The Morgan fingerprint density at radius 2 is 1.39 bits per heavy atom. The maximum Gasteiger partial charge on any atom is 0.416 e. The molecule has 0 radical (unpaired) electrons. The topological polar surface area (TPSA) is 59.9 Å². The molecule has 0 fully saturated rings. The molecule has 2 aromatic heterocycles. The van der Waals surface area contributed by atoms with Gasteiger partial charge in [-0.3, -0.25) is 4.98 Å². The molecule has 1 N–H and O–H groups in total. The number of nitrogens with one attached hydrogen (secondary N) is 1. The lowest BCUT2D eigenvalue weighted by atomic mass is 10.1. The summed E-state index contributed by atoms with van der Waals surface area (Å²) in [6, 6.07) is 26.9. The number of nitrogens with zero attached hydrogens (tertiary/aromatic N) is 3. The molecule has 0 saturated carbocycles. The van der Waals surface area contributed by atoms with Crippen LogP contribution in [0.15, 0.2) is 109 Å². The molecule has 0 aliphatic carbocycles. The average molecular weight is 484 g/mol. The molecule has 5 rings (SSSR count). The van der Waals surface area contributed by atoms with E-state index in [1.807, 2.05) is 54.6 Å². The zero-order valence-corrected chi connectivity index (χ0v) is 18.8. The SMILES string of the molecule is FC(F)(F)c1cccc(-c2cc(Nc3ccc(Oc4ccccc4)cc3)nc(-c3ccncc3)n2)c1. The Labute approximate surface area is 205 Å². The highest BCUT2D eigenvalue weighted by atomic mass is 19.4. The number of para-hydroxylation sites is 1. The maximum absolute atomic E-state index is 13.3. The van der Waals surface area contributed by atoms with Crippen molar-refractivity contribution >= 4 is 11.5 Å². The summed E-state index contributed by atoms with van der Waals surface area (Å²) < 4.78 is 45.7. The van der Waals surface area contributed by atoms with Crippen LogP contribution in [-0.4, -0.2) is 15.0 Å². The predicted molar refractivity (Wildman–Crippen MR) is 132 cm³/mol. The van der Waals surface area contributed by atoms with E-state index >= 15 is 0 Å². The number of rotatable bonds is 6. The van der Waals surface area contributed by atoms with Crippen molar-refractivity contribution in [2.24, 2.45) is 0 Å². The van der Waals surface area contributed by atoms with Gasteiger partial charge in [-0.05, 0) is 60.7 Å². The first-order chi connectivity index (χ1) is 17.4.